The van der Waals surface area contributed by atoms with Gasteiger partial charge in [-0.3, -0.25) is 0 Å². The third-order valence-corrected chi connectivity index (χ3v) is 2.69. The van der Waals surface area contributed by atoms with Crippen LogP contribution in [-0.2, 0) is 6.54 Å². The molecule has 0 spiro atoms. The van der Waals surface area contributed by atoms with Gasteiger partial charge in [-0.2, -0.15) is 0 Å². The zero-order valence-electron chi connectivity index (χ0n) is 5.97. The minimum Gasteiger partial charge on any atom is -0.324 e. The van der Waals surface area contributed by atoms with E-state index in [0.29, 0.717) is 6.54 Å². The van der Waals surface area contributed by atoms with E-state index in [0.717, 1.165) is 15.7 Å². The molecule has 0 aliphatic rings. The van der Waals surface area contributed by atoms with E-state index >= 15 is 0 Å². The predicted molar refractivity (Wildman–Crippen MR) is 46.7 cm³/mol. The van der Waals surface area contributed by atoms with Gasteiger partial charge in [0.2, 0.25) is 0 Å². The molecule has 0 amide bonds. The summed E-state index contributed by atoms with van der Waals surface area (Å²) < 4.78 is 3.73. The highest BCUT2D eigenvalue weighted by atomic mass is 32.1. The maximum Gasteiger partial charge on any atom is 0.169 e. The van der Waals surface area contributed by atoms with Crippen molar-refractivity contribution in [3.05, 3.63) is 10.4 Å². The van der Waals surface area contributed by atoms with Crippen LogP contribution in [0.1, 0.15) is 5.01 Å². The lowest BCUT2D eigenvalue weighted by Crippen LogP contribution is -1.94. The van der Waals surface area contributed by atoms with Crippen molar-refractivity contribution in [2.75, 3.05) is 0 Å². The van der Waals surface area contributed by atoms with Gasteiger partial charge in [0.1, 0.15) is 10.7 Å². The normalized spacial score (nSPS) is 10.4. The van der Waals surface area contributed by atoms with E-state index < -0.39 is 0 Å². The Morgan fingerprint density at radius 3 is 2.83 bits per heavy atom. The smallest absolute Gasteiger partial charge is 0.169 e. The van der Waals surface area contributed by atoms with Crippen molar-refractivity contribution in [1.29, 1.82) is 0 Å². The van der Waals surface area contributed by atoms with Gasteiger partial charge in [-0.15, -0.1) is 15.3 Å². The molecule has 0 aliphatic carbocycles. The molecule has 0 radical (unpaired) electrons. The molecule has 0 atom stereocenters. The van der Waals surface area contributed by atoms with Gasteiger partial charge in [0.15, 0.2) is 5.01 Å². The molecule has 0 unspecified atom stereocenters. The molecular formula is C5H5N5S2. The second kappa shape index (κ2) is 3.21. The molecule has 0 saturated carbocycles. The first-order valence-corrected chi connectivity index (χ1v) is 4.85. The van der Waals surface area contributed by atoms with Crippen LogP contribution >= 0.6 is 22.9 Å². The number of nitrogens with zero attached hydrogens (tertiary/aromatic N) is 4. The molecular weight excluding hydrogens is 194 g/mol. The molecule has 12 heavy (non-hydrogen) atoms. The van der Waals surface area contributed by atoms with Gasteiger partial charge in [0.25, 0.3) is 0 Å². The Morgan fingerprint density at radius 2 is 2.25 bits per heavy atom. The summed E-state index contributed by atoms with van der Waals surface area (Å²) in [6.07, 6.45) is 0. The molecule has 2 aromatic rings. The van der Waals surface area contributed by atoms with Crippen LogP contribution in [0.15, 0.2) is 5.38 Å². The van der Waals surface area contributed by atoms with E-state index in [9.17, 15) is 0 Å². The Labute approximate surface area is 76.4 Å². The molecule has 0 saturated heterocycles. The summed E-state index contributed by atoms with van der Waals surface area (Å²) in [7, 11) is 0. The lowest BCUT2D eigenvalue weighted by molar-refractivity contribution is 0.957. The van der Waals surface area contributed by atoms with Crippen molar-refractivity contribution in [3.63, 3.8) is 0 Å². The number of hydrogen-bond donors (Lipinski definition) is 1. The van der Waals surface area contributed by atoms with Crippen LogP contribution in [-0.4, -0.2) is 19.8 Å². The zero-order valence-corrected chi connectivity index (χ0v) is 7.60. The van der Waals surface area contributed by atoms with Crippen molar-refractivity contribution < 1.29 is 0 Å². The molecule has 0 bridgehead atoms. The Balaban J connectivity index is 2.35. The molecule has 2 N–H and O–H groups in total. The van der Waals surface area contributed by atoms with Gasteiger partial charge in [-0.1, -0.05) is 15.8 Å². The molecule has 62 valence electrons. The van der Waals surface area contributed by atoms with Crippen molar-refractivity contribution in [2.45, 2.75) is 6.54 Å². The third kappa shape index (κ3) is 1.33. The van der Waals surface area contributed by atoms with Crippen LogP contribution in [0, 0.1) is 0 Å². The Hall–Kier alpha value is -0.920. The first-order valence-electron chi connectivity index (χ1n) is 3.20. The van der Waals surface area contributed by atoms with E-state index in [2.05, 4.69) is 19.8 Å². The Morgan fingerprint density at radius 1 is 1.33 bits per heavy atom. The number of nitrogens with two attached hydrogens (primary N) is 1. The lowest BCUT2D eigenvalue weighted by Gasteiger charge is -1.80. The van der Waals surface area contributed by atoms with Crippen LogP contribution in [0.5, 0.6) is 0 Å². The Bertz CT molecular complexity index is 354. The van der Waals surface area contributed by atoms with E-state index in [1.165, 1.54) is 22.9 Å². The molecule has 0 aliphatic heterocycles. The van der Waals surface area contributed by atoms with Gasteiger partial charge in [0.05, 0.1) is 0 Å². The minimum atomic E-state index is 0.426. The lowest BCUT2D eigenvalue weighted by atomic mass is 10.5. The molecule has 7 heteroatoms. The summed E-state index contributed by atoms with van der Waals surface area (Å²) in [4.78, 5) is 0. The summed E-state index contributed by atoms with van der Waals surface area (Å²) in [5.74, 6) is 0. The number of rotatable bonds is 2. The molecule has 2 heterocycles. The van der Waals surface area contributed by atoms with E-state index in [4.69, 9.17) is 5.73 Å². The zero-order chi connectivity index (χ0) is 8.39. The van der Waals surface area contributed by atoms with Gasteiger partial charge in [-0.25, -0.2) is 0 Å². The monoisotopic (exact) mass is 199 g/mol. The SMILES string of the molecule is NCc1nnc(-c2csnn2)s1. The summed E-state index contributed by atoms with van der Waals surface area (Å²) >= 11 is 2.75. The minimum absolute atomic E-state index is 0.426. The molecule has 2 aromatic heterocycles. The number of aromatic nitrogens is 4. The van der Waals surface area contributed by atoms with Gasteiger partial charge in [-0.05, 0) is 11.5 Å². The van der Waals surface area contributed by atoms with Gasteiger partial charge >= 0.3 is 0 Å². The third-order valence-electron chi connectivity index (χ3n) is 1.22. The second-order valence-corrected chi connectivity index (χ2v) is 3.67. The molecule has 0 aromatic carbocycles. The standard InChI is InChI=1S/C5H5N5S2/c6-1-4-8-9-5(12-4)3-2-11-10-7-3/h2H,1,6H2. The highest BCUT2D eigenvalue weighted by Gasteiger charge is 2.07. The molecule has 5 nitrogen and oxygen atoms in total. The summed E-state index contributed by atoms with van der Waals surface area (Å²) in [6, 6.07) is 0. The summed E-state index contributed by atoms with van der Waals surface area (Å²) in [6.45, 7) is 0.426. The predicted octanol–water partition coefficient (Wildman–Crippen LogP) is 0.515. The van der Waals surface area contributed by atoms with Crippen LogP contribution < -0.4 is 5.73 Å². The van der Waals surface area contributed by atoms with Crippen LogP contribution in [0.3, 0.4) is 0 Å². The van der Waals surface area contributed by atoms with Crippen LogP contribution in [0.4, 0.5) is 0 Å². The largest absolute Gasteiger partial charge is 0.324 e. The van der Waals surface area contributed by atoms with E-state index in [1.807, 2.05) is 5.38 Å². The first kappa shape index (κ1) is 7.71. The fourth-order valence-corrected chi connectivity index (χ4v) is 1.89. The fraction of sp³-hybridized carbons (Fsp3) is 0.200. The van der Waals surface area contributed by atoms with Crippen molar-refractivity contribution in [3.8, 4) is 10.7 Å². The topological polar surface area (TPSA) is 77.6 Å². The van der Waals surface area contributed by atoms with Crippen molar-refractivity contribution in [2.24, 2.45) is 5.73 Å². The quantitative estimate of drug-likeness (QED) is 0.762. The molecule has 2 rings (SSSR count). The maximum atomic E-state index is 5.39. The highest BCUT2D eigenvalue weighted by molar-refractivity contribution is 7.14. The average molecular weight is 199 g/mol. The summed E-state index contributed by atoms with van der Waals surface area (Å²) in [5.41, 5.74) is 6.17. The highest BCUT2D eigenvalue weighted by Crippen LogP contribution is 2.21. The molecule has 0 fully saturated rings. The average Bonchev–Trinajstić information content (AvgIpc) is 2.75. The number of hydrogen-bond acceptors (Lipinski definition) is 7. The summed E-state index contributed by atoms with van der Waals surface area (Å²) in [5, 5.41) is 15.1. The fourth-order valence-electron chi connectivity index (χ4n) is 0.697. The van der Waals surface area contributed by atoms with Crippen molar-refractivity contribution in [1.82, 2.24) is 19.8 Å². The maximum absolute atomic E-state index is 5.39. The van der Waals surface area contributed by atoms with Gasteiger partial charge < -0.3 is 5.73 Å². The second-order valence-electron chi connectivity index (χ2n) is 2.00. The van der Waals surface area contributed by atoms with E-state index in [1.54, 1.807) is 0 Å². The van der Waals surface area contributed by atoms with Crippen LogP contribution in [0.25, 0.3) is 10.7 Å². The first-order chi connectivity index (χ1) is 5.90. The van der Waals surface area contributed by atoms with Crippen LogP contribution in [0.2, 0.25) is 0 Å². The Kier molecular flexibility index (Phi) is 2.07. The van der Waals surface area contributed by atoms with E-state index in [-0.39, 0.29) is 0 Å². The van der Waals surface area contributed by atoms with Crippen molar-refractivity contribution >= 4 is 22.9 Å². The van der Waals surface area contributed by atoms with Gasteiger partial charge in [0, 0.05) is 11.9 Å².